The number of benzene rings is 1. The summed E-state index contributed by atoms with van der Waals surface area (Å²) in [6.45, 7) is 1.46. The molecule has 0 radical (unpaired) electrons. The number of nitrogens with one attached hydrogen (secondary N) is 1. The molecule has 0 aliphatic carbocycles. The number of hydrogen-bond acceptors (Lipinski definition) is 4. The molecule has 1 aromatic carbocycles. The number of carbonyl (C=O) groups excluding carboxylic acids is 1. The molecule has 1 rings (SSSR count). The largest absolute Gasteiger partial charge is 0.482 e. The highest BCUT2D eigenvalue weighted by Crippen LogP contribution is 2.21. The van der Waals surface area contributed by atoms with Crippen LogP contribution in [0.5, 0.6) is 5.75 Å². The van der Waals surface area contributed by atoms with Crippen LogP contribution in [0.4, 0.5) is 5.69 Å². The Labute approximate surface area is 116 Å². The molecule has 0 bridgehead atoms. The topological polar surface area (TPSA) is 75.6 Å². The number of carboxylic acid groups (broad SMARTS) is 1. The Bertz CT molecular complexity index is 462. The quantitative estimate of drug-likeness (QED) is 0.802. The average molecular weight is 283 g/mol. The number of anilines is 1. The number of aliphatic carboxylic acids is 1. The highest BCUT2D eigenvalue weighted by molar-refractivity contribution is 7.98. The van der Waals surface area contributed by atoms with Crippen LogP contribution in [0.3, 0.4) is 0 Å². The second-order valence-corrected chi connectivity index (χ2v) is 4.94. The van der Waals surface area contributed by atoms with Gasteiger partial charge in [-0.1, -0.05) is 0 Å². The smallest absolute Gasteiger partial charge is 0.341 e. The lowest BCUT2D eigenvalue weighted by molar-refractivity contribution is -0.139. The van der Waals surface area contributed by atoms with Crippen molar-refractivity contribution in [3.05, 3.63) is 23.8 Å². The zero-order chi connectivity index (χ0) is 14.3. The maximum atomic E-state index is 11.6. The monoisotopic (exact) mass is 283 g/mol. The van der Waals surface area contributed by atoms with Crippen LogP contribution in [0, 0.1) is 6.92 Å². The molecule has 0 aliphatic heterocycles. The summed E-state index contributed by atoms with van der Waals surface area (Å²) in [6.07, 6.45) is 2.42. The third kappa shape index (κ3) is 5.65. The number of hydrogen-bond donors (Lipinski definition) is 2. The van der Waals surface area contributed by atoms with Gasteiger partial charge in [0.1, 0.15) is 5.75 Å². The Kier molecular flexibility index (Phi) is 6.21. The summed E-state index contributed by atoms with van der Waals surface area (Å²) in [5.74, 6) is 0.204. The van der Waals surface area contributed by atoms with Crippen LogP contribution in [-0.2, 0) is 9.59 Å². The van der Waals surface area contributed by atoms with Crippen LogP contribution in [-0.4, -0.2) is 35.6 Å². The zero-order valence-corrected chi connectivity index (χ0v) is 11.8. The lowest BCUT2D eigenvalue weighted by Gasteiger charge is -2.10. The number of ether oxygens (including phenoxy) is 1. The van der Waals surface area contributed by atoms with E-state index in [4.69, 9.17) is 9.84 Å². The number of carbonyl (C=O) groups is 2. The first-order valence-electron chi connectivity index (χ1n) is 5.77. The predicted molar refractivity (Wildman–Crippen MR) is 75.9 cm³/mol. The van der Waals surface area contributed by atoms with E-state index in [-0.39, 0.29) is 12.5 Å². The number of rotatable bonds is 7. The lowest BCUT2D eigenvalue weighted by Crippen LogP contribution is -2.13. The minimum absolute atomic E-state index is 0.0309. The van der Waals surface area contributed by atoms with Crippen molar-refractivity contribution in [2.45, 2.75) is 13.3 Å². The first-order valence-corrected chi connectivity index (χ1v) is 7.16. The van der Waals surface area contributed by atoms with Crippen LogP contribution >= 0.6 is 11.8 Å². The Morgan fingerprint density at radius 1 is 1.42 bits per heavy atom. The van der Waals surface area contributed by atoms with Gasteiger partial charge in [0.25, 0.3) is 0 Å². The van der Waals surface area contributed by atoms with Crippen molar-refractivity contribution in [2.24, 2.45) is 0 Å². The number of aryl methyl sites for hydroxylation is 1. The summed E-state index contributed by atoms with van der Waals surface area (Å²) in [6, 6.07) is 5.05. The molecular weight excluding hydrogens is 266 g/mol. The minimum atomic E-state index is -1.02. The molecule has 0 aromatic heterocycles. The van der Waals surface area contributed by atoms with Crippen molar-refractivity contribution < 1.29 is 19.4 Å². The predicted octanol–water partition coefficient (Wildman–Crippen LogP) is 2.15. The van der Waals surface area contributed by atoms with Crippen LogP contribution < -0.4 is 10.1 Å². The molecule has 104 valence electrons. The fourth-order valence-corrected chi connectivity index (χ4v) is 1.81. The molecule has 6 heteroatoms. The maximum Gasteiger partial charge on any atom is 0.341 e. The molecule has 0 unspecified atom stereocenters. The first-order chi connectivity index (χ1) is 9.02. The Morgan fingerprint density at radius 3 is 2.74 bits per heavy atom. The van der Waals surface area contributed by atoms with Gasteiger partial charge in [-0.15, -0.1) is 0 Å². The summed E-state index contributed by atoms with van der Waals surface area (Å²) >= 11 is 1.62. The molecule has 0 atom stereocenters. The summed E-state index contributed by atoms with van der Waals surface area (Å²) in [4.78, 5) is 22.0. The van der Waals surface area contributed by atoms with Crippen molar-refractivity contribution in [1.29, 1.82) is 0 Å². The number of amides is 1. The van der Waals surface area contributed by atoms with Crippen molar-refractivity contribution >= 4 is 29.3 Å². The summed E-state index contributed by atoms with van der Waals surface area (Å²) in [7, 11) is 0. The Balaban J connectivity index is 2.61. The van der Waals surface area contributed by atoms with E-state index < -0.39 is 5.97 Å². The number of thioether (sulfide) groups is 1. The SMILES string of the molecule is CSCCC(=O)Nc1ccc(OCC(=O)O)cc1C. The van der Waals surface area contributed by atoms with Crippen molar-refractivity contribution in [2.75, 3.05) is 23.9 Å². The molecule has 1 aromatic rings. The second kappa shape index (κ2) is 7.68. The average Bonchev–Trinajstić information content (AvgIpc) is 2.36. The van der Waals surface area contributed by atoms with Crippen LogP contribution in [0.2, 0.25) is 0 Å². The highest BCUT2D eigenvalue weighted by atomic mass is 32.2. The molecule has 1 amide bonds. The fraction of sp³-hybridized carbons (Fsp3) is 0.385. The molecule has 0 aliphatic rings. The van der Waals surface area contributed by atoms with E-state index in [0.29, 0.717) is 17.9 Å². The van der Waals surface area contributed by atoms with Gasteiger partial charge in [0.05, 0.1) is 0 Å². The van der Waals surface area contributed by atoms with Crippen molar-refractivity contribution in [3.63, 3.8) is 0 Å². The lowest BCUT2D eigenvalue weighted by atomic mass is 10.2. The second-order valence-electron chi connectivity index (χ2n) is 3.95. The van der Waals surface area contributed by atoms with Crippen LogP contribution in [0.25, 0.3) is 0 Å². The third-order valence-corrected chi connectivity index (χ3v) is 2.98. The normalized spacial score (nSPS) is 10.0. The van der Waals surface area contributed by atoms with Crippen LogP contribution in [0.1, 0.15) is 12.0 Å². The van der Waals surface area contributed by atoms with Gasteiger partial charge in [0.2, 0.25) is 5.91 Å². The van der Waals surface area contributed by atoms with E-state index in [1.165, 1.54) is 0 Å². The molecular formula is C13H17NO4S. The molecule has 5 nitrogen and oxygen atoms in total. The van der Waals surface area contributed by atoms with Gasteiger partial charge in [0, 0.05) is 17.9 Å². The maximum absolute atomic E-state index is 11.6. The zero-order valence-electron chi connectivity index (χ0n) is 10.9. The third-order valence-electron chi connectivity index (χ3n) is 2.37. The Morgan fingerprint density at radius 2 is 2.16 bits per heavy atom. The first kappa shape index (κ1) is 15.4. The van der Waals surface area contributed by atoms with Gasteiger partial charge in [-0.3, -0.25) is 4.79 Å². The van der Waals surface area contributed by atoms with Gasteiger partial charge >= 0.3 is 5.97 Å². The number of carboxylic acids is 1. The standard InChI is InChI=1S/C13H17NO4S/c1-9-7-10(18-8-13(16)17)3-4-11(9)14-12(15)5-6-19-2/h3-4,7H,5-6,8H2,1-2H3,(H,14,15)(H,16,17). The highest BCUT2D eigenvalue weighted by Gasteiger charge is 2.06. The fourth-order valence-electron chi connectivity index (χ4n) is 1.42. The Hall–Kier alpha value is -1.69. The van der Waals surface area contributed by atoms with Crippen molar-refractivity contribution in [1.82, 2.24) is 0 Å². The summed E-state index contributed by atoms with van der Waals surface area (Å²) in [5, 5.41) is 11.3. The molecule has 19 heavy (non-hydrogen) atoms. The van der Waals surface area contributed by atoms with Gasteiger partial charge in [-0.05, 0) is 36.9 Å². The van der Waals surface area contributed by atoms with E-state index in [0.717, 1.165) is 11.3 Å². The summed E-state index contributed by atoms with van der Waals surface area (Å²) < 4.78 is 5.06. The molecule has 0 fully saturated rings. The van der Waals surface area contributed by atoms with Gasteiger partial charge in [0.15, 0.2) is 6.61 Å². The molecule has 0 heterocycles. The molecule has 0 saturated heterocycles. The molecule has 0 spiro atoms. The van der Waals surface area contributed by atoms with Crippen molar-refractivity contribution in [3.8, 4) is 5.75 Å². The molecule has 0 saturated carbocycles. The van der Waals surface area contributed by atoms with E-state index in [1.54, 1.807) is 30.0 Å². The van der Waals surface area contributed by atoms with E-state index in [9.17, 15) is 9.59 Å². The van der Waals surface area contributed by atoms with Crippen LogP contribution in [0.15, 0.2) is 18.2 Å². The minimum Gasteiger partial charge on any atom is -0.482 e. The summed E-state index contributed by atoms with van der Waals surface area (Å²) in [5.41, 5.74) is 1.55. The van der Waals surface area contributed by atoms with E-state index in [1.807, 2.05) is 13.2 Å². The van der Waals surface area contributed by atoms with Gasteiger partial charge < -0.3 is 15.2 Å². The van der Waals surface area contributed by atoms with Gasteiger partial charge in [-0.2, -0.15) is 11.8 Å². The van der Waals surface area contributed by atoms with E-state index >= 15 is 0 Å². The molecule has 2 N–H and O–H groups in total. The van der Waals surface area contributed by atoms with E-state index in [2.05, 4.69) is 5.32 Å². The van der Waals surface area contributed by atoms with Gasteiger partial charge in [-0.25, -0.2) is 4.79 Å².